The van der Waals surface area contributed by atoms with E-state index < -0.39 is 5.97 Å². The molecule has 0 aliphatic heterocycles. The molecule has 3 nitrogen and oxygen atoms in total. The van der Waals surface area contributed by atoms with Gasteiger partial charge in [-0.2, -0.15) is 0 Å². The topological polar surface area (TPSA) is 49.3 Å². The number of aliphatic carboxylic acids is 1. The Morgan fingerprint density at radius 2 is 2.17 bits per heavy atom. The Kier molecular flexibility index (Phi) is 4.08. The molecule has 1 aliphatic rings. The molecule has 1 saturated carbocycles. The van der Waals surface area contributed by atoms with Crippen molar-refractivity contribution in [1.82, 2.24) is 5.32 Å². The van der Waals surface area contributed by atoms with Gasteiger partial charge in [-0.25, -0.2) is 0 Å². The molecule has 0 atom stereocenters. The fourth-order valence-corrected chi connectivity index (χ4v) is 1.51. The van der Waals surface area contributed by atoms with E-state index in [4.69, 9.17) is 5.11 Å². The van der Waals surface area contributed by atoms with Crippen molar-refractivity contribution >= 4 is 5.97 Å². The largest absolute Gasteiger partial charge is 0.481 e. The lowest BCUT2D eigenvalue weighted by atomic mass is 9.95. The summed E-state index contributed by atoms with van der Waals surface area (Å²) < 4.78 is 0. The second kappa shape index (κ2) is 5.14. The van der Waals surface area contributed by atoms with Gasteiger partial charge in [-0.1, -0.05) is 0 Å². The molecule has 0 saturated heterocycles. The maximum Gasteiger partial charge on any atom is 0.304 e. The highest BCUT2D eigenvalue weighted by atomic mass is 16.4. The van der Waals surface area contributed by atoms with Crippen LogP contribution in [0.15, 0.2) is 0 Å². The lowest BCUT2D eigenvalue weighted by molar-refractivity contribution is -0.136. The average molecular weight is 170 g/mol. The molecule has 0 amide bonds. The highest BCUT2D eigenvalue weighted by Crippen LogP contribution is 2.16. The third-order valence-corrected chi connectivity index (χ3v) is 2.21. The van der Waals surface area contributed by atoms with Crippen LogP contribution in [0.3, 0.4) is 0 Å². The minimum Gasteiger partial charge on any atom is -0.481 e. The second-order valence-electron chi connectivity index (χ2n) is 3.24. The third-order valence-electron chi connectivity index (χ3n) is 2.21. The van der Waals surface area contributed by atoms with Crippen molar-refractivity contribution in [3.63, 3.8) is 0 Å². The molecule has 0 aromatic carbocycles. The van der Waals surface area contributed by atoms with Crippen molar-refractivity contribution in [2.75, 3.05) is 6.54 Å². The van der Waals surface area contributed by atoms with E-state index in [0.29, 0.717) is 12.6 Å². The van der Waals surface area contributed by atoms with Crippen molar-refractivity contribution in [2.45, 2.75) is 38.1 Å². The first-order chi connectivity index (χ1) is 5.79. The molecule has 0 heterocycles. The second-order valence-corrected chi connectivity index (χ2v) is 3.24. The summed E-state index contributed by atoms with van der Waals surface area (Å²) in [7, 11) is 0. The molecule has 1 radical (unpaired) electrons. The predicted octanol–water partition coefficient (Wildman–Crippen LogP) is 1.20. The minimum absolute atomic E-state index is 0.236. The summed E-state index contributed by atoms with van der Waals surface area (Å²) in [6.45, 7) is 0.611. The Labute approximate surface area is 73.2 Å². The normalized spacial score (nSPS) is 19.3. The molecule has 0 spiro atoms. The Morgan fingerprint density at radius 1 is 1.50 bits per heavy atom. The third kappa shape index (κ3) is 3.72. The molecule has 1 fully saturated rings. The van der Waals surface area contributed by atoms with E-state index in [9.17, 15) is 4.79 Å². The van der Waals surface area contributed by atoms with Crippen LogP contribution in [0.25, 0.3) is 0 Å². The fourth-order valence-electron chi connectivity index (χ4n) is 1.51. The molecular weight excluding hydrogens is 154 g/mol. The van der Waals surface area contributed by atoms with Crippen LogP contribution in [0.1, 0.15) is 32.1 Å². The monoisotopic (exact) mass is 170 g/mol. The summed E-state index contributed by atoms with van der Waals surface area (Å²) in [6, 6.07) is 0.550. The lowest BCUT2D eigenvalue weighted by Gasteiger charge is -2.22. The summed E-state index contributed by atoms with van der Waals surface area (Å²) in [4.78, 5) is 10.2. The van der Waals surface area contributed by atoms with E-state index >= 15 is 0 Å². The quantitative estimate of drug-likeness (QED) is 0.666. The molecule has 69 valence electrons. The van der Waals surface area contributed by atoms with Crippen LogP contribution in [0.5, 0.6) is 0 Å². The van der Waals surface area contributed by atoms with Crippen LogP contribution < -0.4 is 5.32 Å². The molecule has 3 heteroatoms. The number of rotatable bonds is 4. The zero-order valence-corrected chi connectivity index (χ0v) is 7.25. The van der Waals surface area contributed by atoms with Gasteiger partial charge in [-0.05, 0) is 32.1 Å². The predicted molar refractivity (Wildman–Crippen MR) is 46.8 cm³/mol. The van der Waals surface area contributed by atoms with Gasteiger partial charge in [0.1, 0.15) is 0 Å². The zero-order chi connectivity index (χ0) is 8.81. The van der Waals surface area contributed by atoms with E-state index in [-0.39, 0.29) is 6.42 Å². The average Bonchev–Trinajstić information content (AvgIpc) is 2.05. The highest BCUT2D eigenvalue weighted by Gasteiger charge is 2.12. The van der Waals surface area contributed by atoms with Crippen molar-refractivity contribution in [2.24, 2.45) is 0 Å². The Hall–Kier alpha value is -0.570. The highest BCUT2D eigenvalue weighted by molar-refractivity contribution is 5.66. The fraction of sp³-hybridized carbons (Fsp3) is 0.778. The smallest absolute Gasteiger partial charge is 0.304 e. The number of carboxylic acids is 1. The van der Waals surface area contributed by atoms with Crippen molar-refractivity contribution in [3.8, 4) is 0 Å². The number of carbonyl (C=O) groups is 1. The molecule has 0 unspecified atom stereocenters. The number of nitrogens with one attached hydrogen (secondary N) is 1. The molecule has 0 aromatic rings. The number of hydrogen-bond acceptors (Lipinski definition) is 2. The molecule has 12 heavy (non-hydrogen) atoms. The van der Waals surface area contributed by atoms with Gasteiger partial charge in [0.15, 0.2) is 0 Å². The van der Waals surface area contributed by atoms with E-state index in [2.05, 4.69) is 11.7 Å². The van der Waals surface area contributed by atoms with Gasteiger partial charge < -0.3 is 10.4 Å². The summed E-state index contributed by atoms with van der Waals surface area (Å²) in [5.74, 6) is -0.718. The van der Waals surface area contributed by atoms with Gasteiger partial charge >= 0.3 is 5.97 Å². The molecular formula is C9H16NO2. The van der Waals surface area contributed by atoms with Crippen LogP contribution in [0.2, 0.25) is 0 Å². The van der Waals surface area contributed by atoms with Crippen molar-refractivity contribution < 1.29 is 9.90 Å². The van der Waals surface area contributed by atoms with E-state index in [1.54, 1.807) is 0 Å². The molecule has 1 rings (SSSR count). The van der Waals surface area contributed by atoms with Crippen LogP contribution >= 0.6 is 0 Å². The van der Waals surface area contributed by atoms with Gasteiger partial charge in [0.2, 0.25) is 0 Å². The van der Waals surface area contributed by atoms with E-state index in [1.165, 1.54) is 25.7 Å². The first kappa shape index (κ1) is 9.52. The summed E-state index contributed by atoms with van der Waals surface area (Å²) in [5, 5.41) is 11.6. The molecule has 0 bridgehead atoms. The molecule has 2 N–H and O–H groups in total. The summed E-state index contributed by atoms with van der Waals surface area (Å²) in [6.07, 6.45) is 7.21. The summed E-state index contributed by atoms with van der Waals surface area (Å²) >= 11 is 0. The van der Waals surface area contributed by atoms with Crippen LogP contribution in [0.4, 0.5) is 0 Å². The molecule has 1 aliphatic carbocycles. The first-order valence-electron chi connectivity index (χ1n) is 4.56. The standard InChI is InChI=1S/C9H16NO2/c11-9(12)6-7-10-8-4-2-1-3-5-8/h1,8,10H,2-7H2,(H,11,12). The van der Waals surface area contributed by atoms with E-state index in [0.717, 1.165) is 0 Å². The van der Waals surface area contributed by atoms with Gasteiger partial charge in [-0.15, -0.1) is 0 Å². The Balaban J connectivity index is 2.01. The Morgan fingerprint density at radius 3 is 2.75 bits per heavy atom. The number of carboxylic acid groups (broad SMARTS) is 1. The zero-order valence-electron chi connectivity index (χ0n) is 7.25. The van der Waals surface area contributed by atoms with Crippen LogP contribution in [0, 0.1) is 6.42 Å². The van der Waals surface area contributed by atoms with Gasteiger partial charge in [0.25, 0.3) is 0 Å². The van der Waals surface area contributed by atoms with Gasteiger partial charge in [-0.3, -0.25) is 4.79 Å². The lowest BCUT2D eigenvalue weighted by Crippen LogP contribution is -2.32. The number of hydrogen-bond donors (Lipinski definition) is 2. The molecule has 0 aromatic heterocycles. The summed E-state index contributed by atoms with van der Waals surface area (Å²) in [5.41, 5.74) is 0. The maximum atomic E-state index is 10.2. The first-order valence-corrected chi connectivity index (χ1v) is 4.56. The van der Waals surface area contributed by atoms with Crippen molar-refractivity contribution in [3.05, 3.63) is 6.42 Å². The minimum atomic E-state index is -0.718. The SMILES string of the molecule is O=C(O)CCNC1CC[CH]CC1. The van der Waals surface area contributed by atoms with Crippen LogP contribution in [-0.2, 0) is 4.79 Å². The van der Waals surface area contributed by atoms with E-state index in [1.807, 2.05) is 0 Å². The van der Waals surface area contributed by atoms with Crippen molar-refractivity contribution in [1.29, 1.82) is 0 Å². The van der Waals surface area contributed by atoms with Gasteiger partial charge in [0.05, 0.1) is 6.42 Å². The maximum absolute atomic E-state index is 10.2. The van der Waals surface area contributed by atoms with Crippen LogP contribution in [-0.4, -0.2) is 23.7 Å². The Bertz CT molecular complexity index is 141. The van der Waals surface area contributed by atoms with Gasteiger partial charge in [0, 0.05) is 12.6 Å².